The van der Waals surface area contributed by atoms with Crippen LogP contribution in [0.3, 0.4) is 0 Å². The summed E-state index contributed by atoms with van der Waals surface area (Å²) >= 11 is 3.19. The largest absolute Gasteiger partial charge is 0.507 e. The summed E-state index contributed by atoms with van der Waals surface area (Å²) in [5, 5.41) is 18.6. The van der Waals surface area contributed by atoms with Gasteiger partial charge in [0.1, 0.15) is 5.75 Å². The van der Waals surface area contributed by atoms with E-state index in [2.05, 4.69) is 15.9 Å². The van der Waals surface area contributed by atoms with Crippen LogP contribution in [-0.4, -0.2) is 40.7 Å². The Hall–Kier alpha value is -1.07. The number of piperidine rings is 1. The lowest BCUT2D eigenvalue weighted by molar-refractivity contribution is 0.0650. The zero-order chi connectivity index (χ0) is 13.1. The van der Waals surface area contributed by atoms with E-state index in [0.29, 0.717) is 29.0 Å². The van der Waals surface area contributed by atoms with Crippen LogP contribution in [0.1, 0.15) is 23.2 Å². The smallest absolute Gasteiger partial charge is 0.253 e. The maximum Gasteiger partial charge on any atom is 0.253 e. The van der Waals surface area contributed by atoms with Gasteiger partial charge in [-0.1, -0.05) is 0 Å². The number of rotatable bonds is 2. The van der Waals surface area contributed by atoms with Gasteiger partial charge in [-0.2, -0.15) is 0 Å². The van der Waals surface area contributed by atoms with E-state index in [0.717, 1.165) is 12.8 Å². The van der Waals surface area contributed by atoms with Crippen molar-refractivity contribution in [2.45, 2.75) is 12.8 Å². The summed E-state index contributed by atoms with van der Waals surface area (Å²) in [7, 11) is 0. The summed E-state index contributed by atoms with van der Waals surface area (Å²) in [6.07, 6.45) is 1.68. The normalized spacial score (nSPS) is 16.9. The zero-order valence-corrected chi connectivity index (χ0v) is 11.6. The average Bonchev–Trinajstić information content (AvgIpc) is 2.41. The molecule has 0 aromatic heterocycles. The molecule has 1 amide bonds. The number of nitrogens with zero attached hydrogens (tertiary/aromatic N) is 1. The quantitative estimate of drug-likeness (QED) is 0.878. The van der Waals surface area contributed by atoms with Gasteiger partial charge >= 0.3 is 0 Å². The van der Waals surface area contributed by atoms with Crippen LogP contribution in [-0.2, 0) is 0 Å². The van der Waals surface area contributed by atoms with Crippen LogP contribution in [0, 0.1) is 5.92 Å². The third-order valence-corrected chi connectivity index (χ3v) is 4.02. The van der Waals surface area contributed by atoms with E-state index in [-0.39, 0.29) is 18.3 Å². The van der Waals surface area contributed by atoms with Crippen molar-refractivity contribution < 1.29 is 15.0 Å². The Labute approximate surface area is 114 Å². The van der Waals surface area contributed by atoms with Crippen molar-refractivity contribution in [2.75, 3.05) is 19.7 Å². The standard InChI is InChI=1S/C13H16BrNO3/c14-11-2-1-10(7-12(11)17)13(18)15-5-3-9(8-16)4-6-15/h1-2,7,9,16-17H,3-6,8H2. The highest BCUT2D eigenvalue weighted by atomic mass is 79.9. The molecule has 0 aliphatic carbocycles. The van der Waals surface area contributed by atoms with Crippen molar-refractivity contribution in [1.29, 1.82) is 0 Å². The molecule has 0 spiro atoms. The first-order valence-electron chi connectivity index (χ1n) is 6.00. The van der Waals surface area contributed by atoms with Gasteiger partial charge in [-0.05, 0) is 52.9 Å². The van der Waals surface area contributed by atoms with Crippen molar-refractivity contribution in [3.63, 3.8) is 0 Å². The van der Waals surface area contributed by atoms with Gasteiger partial charge in [0.05, 0.1) is 4.47 Å². The minimum atomic E-state index is -0.0609. The lowest BCUT2D eigenvalue weighted by Gasteiger charge is -2.31. The molecule has 0 saturated carbocycles. The third kappa shape index (κ3) is 2.84. The second-order valence-corrected chi connectivity index (χ2v) is 5.44. The molecule has 4 nitrogen and oxygen atoms in total. The molecule has 1 aromatic carbocycles. The summed E-state index contributed by atoms with van der Waals surface area (Å²) in [6.45, 7) is 1.53. The first-order chi connectivity index (χ1) is 8.61. The summed E-state index contributed by atoms with van der Waals surface area (Å²) in [4.78, 5) is 14.0. The van der Waals surface area contributed by atoms with Gasteiger partial charge in [-0.3, -0.25) is 4.79 Å². The number of aromatic hydroxyl groups is 1. The number of hydrogen-bond donors (Lipinski definition) is 2. The average molecular weight is 314 g/mol. The molecule has 1 saturated heterocycles. The van der Waals surface area contributed by atoms with E-state index in [9.17, 15) is 9.90 Å². The zero-order valence-electron chi connectivity index (χ0n) is 9.97. The molecule has 0 unspecified atom stereocenters. The van der Waals surface area contributed by atoms with E-state index in [1.807, 2.05) is 0 Å². The molecular formula is C13H16BrNO3. The Morgan fingerprint density at radius 1 is 1.39 bits per heavy atom. The lowest BCUT2D eigenvalue weighted by atomic mass is 9.97. The number of aliphatic hydroxyl groups is 1. The van der Waals surface area contributed by atoms with Gasteiger partial charge < -0.3 is 15.1 Å². The molecule has 1 fully saturated rings. The predicted molar refractivity (Wildman–Crippen MR) is 71.5 cm³/mol. The number of carbonyl (C=O) groups excluding carboxylic acids is 1. The number of likely N-dealkylation sites (tertiary alicyclic amines) is 1. The Kier molecular flexibility index (Phi) is 4.24. The monoisotopic (exact) mass is 313 g/mol. The molecule has 1 aromatic rings. The number of phenols is 1. The number of halogens is 1. The van der Waals surface area contributed by atoms with Crippen LogP contribution in [0.15, 0.2) is 22.7 Å². The predicted octanol–water partition coefficient (Wildman–Crippen LogP) is 2.00. The topological polar surface area (TPSA) is 60.8 Å². The highest BCUT2D eigenvalue weighted by Crippen LogP contribution is 2.26. The maximum atomic E-state index is 12.2. The molecule has 2 rings (SSSR count). The minimum absolute atomic E-state index is 0.0609. The van der Waals surface area contributed by atoms with Gasteiger partial charge in [0, 0.05) is 25.3 Å². The van der Waals surface area contributed by atoms with Gasteiger partial charge in [-0.15, -0.1) is 0 Å². The van der Waals surface area contributed by atoms with Crippen LogP contribution in [0.2, 0.25) is 0 Å². The number of phenolic OH excluding ortho intramolecular Hbond substituents is 1. The Morgan fingerprint density at radius 3 is 2.61 bits per heavy atom. The molecule has 5 heteroatoms. The highest BCUT2D eigenvalue weighted by molar-refractivity contribution is 9.10. The van der Waals surface area contributed by atoms with Gasteiger partial charge in [0.2, 0.25) is 0 Å². The van der Waals surface area contributed by atoms with Crippen LogP contribution in [0.4, 0.5) is 0 Å². The Balaban J connectivity index is 2.05. The molecule has 18 heavy (non-hydrogen) atoms. The second kappa shape index (κ2) is 5.71. The number of benzene rings is 1. The van der Waals surface area contributed by atoms with Gasteiger partial charge in [0.25, 0.3) is 5.91 Å². The second-order valence-electron chi connectivity index (χ2n) is 4.58. The molecule has 0 radical (unpaired) electrons. The molecule has 1 aliphatic heterocycles. The van der Waals surface area contributed by atoms with Crippen molar-refractivity contribution in [3.05, 3.63) is 28.2 Å². The summed E-state index contributed by atoms with van der Waals surface area (Å²) in [5.74, 6) is 0.327. The fourth-order valence-corrected chi connectivity index (χ4v) is 2.39. The molecule has 0 atom stereocenters. The lowest BCUT2D eigenvalue weighted by Crippen LogP contribution is -2.39. The van der Waals surface area contributed by atoms with Crippen molar-refractivity contribution in [3.8, 4) is 5.75 Å². The number of amides is 1. The van der Waals surface area contributed by atoms with Gasteiger partial charge in [-0.25, -0.2) is 0 Å². The van der Waals surface area contributed by atoms with E-state index < -0.39 is 0 Å². The van der Waals surface area contributed by atoms with Crippen LogP contribution in [0.25, 0.3) is 0 Å². The van der Waals surface area contributed by atoms with Gasteiger partial charge in [0.15, 0.2) is 0 Å². The van der Waals surface area contributed by atoms with Crippen LogP contribution < -0.4 is 0 Å². The van der Waals surface area contributed by atoms with Crippen molar-refractivity contribution in [2.24, 2.45) is 5.92 Å². The fraction of sp³-hybridized carbons (Fsp3) is 0.462. The van der Waals surface area contributed by atoms with E-state index >= 15 is 0 Å². The van der Waals surface area contributed by atoms with E-state index in [1.54, 1.807) is 17.0 Å². The highest BCUT2D eigenvalue weighted by Gasteiger charge is 2.23. The number of carbonyl (C=O) groups is 1. The molecule has 0 bridgehead atoms. The number of hydrogen-bond acceptors (Lipinski definition) is 3. The minimum Gasteiger partial charge on any atom is -0.507 e. The molecule has 98 valence electrons. The van der Waals surface area contributed by atoms with E-state index in [4.69, 9.17) is 5.11 Å². The fourth-order valence-electron chi connectivity index (χ4n) is 2.15. The first kappa shape index (κ1) is 13.4. The molecule has 2 N–H and O–H groups in total. The molecule has 1 aliphatic rings. The summed E-state index contributed by atoms with van der Waals surface area (Å²) in [5.41, 5.74) is 0.498. The van der Waals surface area contributed by atoms with E-state index in [1.165, 1.54) is 6.07 Å². The van der Waals surface area contributed by atoms with Crippen molar-refractivity contribution >= 4 is 21.8 Å². The molecular weight excluding hydrogens is 298 g/mol. The Bertz CT molecular complexity index is 442. The SMILES string of the molecule is O=C(c1ccc(Br)c(O)c1)N1CCC(CO)CC1. The summed E-state index contributed by atoms with van der Waals surface area (Å²) < 4.78 is 0.582. The maximum absolute atomic E-state index is 12.2. The third-order valence-electron chi connectivity index (χ3n) is 3.35. The van der Waals surface area contributed by atoms with Crippen LogP contribution in [0.5, 0.6) is 5.75 Å². The van der Waals surface area contributed by atoms with Crippen molar-refractivity contribution in [1.82, 2.24) is 4.90 Å². The molecule has 1 heterocycles. The summed E-state index contributed by atoms with van der Waals surface area (Å²) in [6, 6.07) is 4.85. The number of aliphatic hydroxyl groups excluding tert-OH is 1. The van der Waals surface area contributed by atoms with Crippen LogP contribution >= 0.6 is 15.9 Å². The first-order valence-corrected chi connectivity index (χ1v) is 6.79. The Morgan fingerprint density at radius 2 is 2.06 bits per heavy atom.